The molecule has 0 radical (unpaired) electrons. The zero-order chi connectivity index (χ0) is 23.5. The number of fused-ring (bicyclic) bond motifs is 2. The lowest BCUT2D eigenvalue weighted by atomic mass is 10.1. The van der Waals surface area contributed by atoms with Gasteiger partial charge in [0.15, 0.2) is 5.84 Å². The van der Waals surface area contributed by atoms with Gasteiger partial charge in [0.1, 0.15) is 0 Å². The molecule has 0 aliphatic carbocycles. The van der Waals surface area contributed by atoms with Crippen LogP contribution >= 0.6 is 11.8 Å². The lowest BCUT2D eigenvalue weighted by Gasteiger charge is -2.20. The van der Waals surface area contributed by atoms with Crippen molar-refractivity contribution in [1.29, 1.82) is 5.41 Å². The number of aromatic nitrogens is 1. The minimum absolute atomic E-state index is 0.121. The number of aliphatic imine (C=N–C) groups is 1. The van der Waals surface area contributed by atoms with E-state index in [2.05, 4.69) is 10.1 Å². The molecule has 0 fully saturated rings. The molecule has 3 heterocycles. The molecule has 0 spiro atoms. The molecule has 3 aromatic rings. The van der Waals surface area contributed by atoms with Crippen LogP contribution in [0.25, 0.3) is 22.5 Å². The minimum Gasteiger partial charge on any atom is -0.317 e. The quantitative estimate of drug-likeness (QED) is 0.511. The Balaban J connectivity index is 1.58. The number of benzene rings is 2. The number of amides is 1. The summed E-state index contributed by atoms with van der Waals surface area (Å²) < 4.78 is 41.2. The van der Waals surface area contributed by atoms with E-state index in [0.29, 0.717) is 5.56 Å². The molecular weight excluding hydrogens is 451 g/mol. The van der Waals surface area contributed by atoms with Gasteiger partial charge in [-0.05, 0) is 54.8 Å². The third-order valence-electron chi connectivity index (χ3n) is 5.47. The van der Waals surface area contributed by atoms with Crippen molar-refractivity contribution in [2.75, 3.05) is 0 Å². The number of aryl methyl sites for hydroxylation is 1. The Kier molecular flexibility index (Phi) is 4.78. The summed E-state index contributed by atoms with van der Waals surface area (Å²) in [4.78, 5) is 16.3. The SMILES string of the molecule is Cc1cc(C=C2C(=N)N3N=C(C(F)(F)F)SC3=NC2=O)c(C)n1-c1cccc2ccccc12. The fourth-order valence-electron chi connectivity index (χ4n) is 3.97. The van der Waals surface area contributed by atoms with Crippen LogP contribution in [0.15, 0.2) is 64.2 Å². The molecule has 33 heavy (non-hydrogen) atoms. The van der Waals surface area contributed by atoms with Crippen LogP contribution in [0.3, 0.4) is 0 Å². The molecule has 0 atom stereocenters. The number of nitrogens with zero attached hydrogens (tertiary/aromatic N) is 4. The van der Waals surface area contributed by atoms with Crippen molar-refractivity contribution >= 4 is 50.6 Å². The summed E-state index contributed by atoms with van der Waals surface area (Å²) in [6.07, 6.45) is -3.19. The van der Waals surface area contributed by atoms with Gasteiger partial charge in [-0.2, -0.15) is 28.3 Å². The molecule has 6 nitrogen and oxygen atoms in total. The van der Waals surface area contributed by atoms with Crippen LogP contribution in [0.4, 0.5) is 13.2 Å². The van der Waals surface area contributed by atoms with E-state index in [4.69, 9.17) is 5.41 Å². The normalized spacial score (nSPS) is 17.6. The number of amidine groups is 2. The van der Waals surface area contributed by atoms with Crippen LogP contribution in [-0.4, -0.2) is 37.7 Å². The number of hydrogen-bond acceptors (Lipinski definition) is 4. The van der Waals surface area contributed by atoms with Crippen LogP contribution in [0.1, 0.15) is 17.0 Å². The Hall–Kier alpha value is -3.66. The highest BCUT2D eigenvalue weighted by atomic mass is 32.2. The summed E-state index contributed by atoms with van der Waals surface area (Å²) >= 11 is 0.233. The molecule has 0 bridgehead atoms. The molecule has 10 heteroatoms. The first-order valence-electron chi connectivity index (χ1n) is 9.89. The van der Waals surface area contributed by atoms with Gasteiger partial charge in [-0.1, -0.05) is 36.4 Å². The van der Waals surface area contributed by atoms with E-state index in [0.717, 1.165) is 32.9 Å². The van der Waals surface area contributed by atoms with Crippen molar-refractivity contribution in [3.8, 4) is 5.69 Å². The van der Waals surface area contributed by atoms with Gasteiger partial charge in [0.2, 0.25) is 10.2 Å². The molecule has 2 aliphatic heterocycles. The van der Waals surface area contributed by atoms with Gasteiger partial charge in [0.25, 0.3) is 5.91 Å². The maximum Gasteiger partial charge on any atom is 0.441 e. The second kappa shape index (κ2) is 7.45. The first kappa shape index (κ1) is 21.2. The molecular formula is C23H16F3N5OS. The van der Waals surface area contributed by atoms with Crippen molar-refractivity contribution < 1.29 is 18.0 Å². The number of hydrogen-bond donors (Lipinski definition) is 1. The number of carbonyl (C=O) groups is 1. The maximum absolute atomic E-state index is 13.0. The van der Waals surface area contributed by atoms with E-state index in [1.54, 1.807) is 0 Å². The van der Waals surface area contributed by atoms with Crippen molar-refractivity contribution in [1.82, 2.24) is 9.58 Å². The Labute approximate surface area is 190 Å². The number of carbonyl (C=O) groups excluding carboxylic acids is 1. The van der Waals surface area contributed by atoms with E-state index in [9.17, 15) is 18.0 Å². The van der Waals surface area contributed by atoms with Crippen molar-refractivity contribution in [3.63, 3.8) is 0 Å². The lowest BCUT2D eigenvalue weighted by Crippen LogP contribution is -2.35. The first-order chi connectivity index (χ1) is 15.6. The van der Waals surface area contributed by atoms with Crippen LogP contribution < -0.4 is 0 Å². The van der Waals surface area contributed by atoms with Gasteiger partial charge in [-0.25, -0.2) is 0 Å². The topological polar surface area (TPSA) is 73.8 Å². The maximum atomic E-state index is 13.0. The molecule has 0 saturated heterocycles. The van der Waals surface area contributed by atoms with Crippen molar-refractivity contribution in [3.05, 3.63) is 71.1 Å². The monoisotopic (exact) mass is 467 g/mol. The molecule has 2 aliphatic rings. The lowest BCUT2D eigenvalue weighted by molar-refractivity contribution is -0.114. The summed E-state index contributed by atoms with van der Waals surface area (Å²) in [7, 11) is 0. The summed E-state index contributed by atoms with van der Waals surface area (Å²) in [5.74, 6) is -1.21. The van der Waals surface area contributed by atoms with Crippen molar-refractivity contribution in [2.24, 2.45) is 10.1 Å². The van der Waals surface area contributed by atoms with Gasteiger partial charge in [-0.3, -0.25) is 10.2 Å². The molecule has 1 amide bonds. The molecule has 1 N–H and O–H groups in total. The summed E-state index contributed by atoms with van der Waals surface area (Å²) in [5, 5.41) is 13.2. The Bertz CT molecular complexity index is 1440. The first-order valence-corrected chi connectivity index (χ1v) is 10.7. The Morgan fingerprint density at radius 3 is 2.58 bits per heavy atom. The van der Waals surface area contributed by atoms with E-state index in [-0.39, 0.29) is 22.5 Å². The molecule has 1 aromatic heterocycles. The fourth-order valence-corrected chi connectivity index (χ4v) is 4.73. The summed E-state index contributed by atoms with van der Waals surface area (Å²) in [6, 6.07) is 15.8. The van der Waals surface area contributed by atoms with Crippen LogP contribution in [0.5, 0.6) is 0 Å². The number of halogens is 3. The number of thioether (sulfide) groups is 1. The summed E-state index contributed by atoms with van der Waals surface area (Å²) in [6.45, 7) is 3.82. The fraction of sp³-hybridized carbons (Fsp3) is 0.130. The standard InChI is InChI=1S/C23H16F3N5OS/c1-12-10-15(13(2)30(12)18-9-5-7-14-6-3-4-8-16(14)18)11-17-19(27)31-22(28-20(17)32)33-21(29-31)23(24,25)26/h3-11,27H,1-2H3. The highest BCUT2D eigenvalue weighted by Crippen LogP contribution is 2.36. The van der Waals surface area contributed by atoms with Crippen LogP contribution in [-0.2, 0) is 4.79 Å². The van der Waals surface area contributed by atoms with Gasteiger partial charge < -0.3 is 4.57 Å². The van der Waals surface area contributed by atoms with Gasteiger partial charge >= 0.3 is 6.18 Å². The second-order valence-electron chi connectivity index (χ2n) is 7.58. The number of rotatable bonds is 2. The number of nitrogens with one attached hydrogen (secondary N) is 1. The van der Waals surface area contributed by atoms with Gasteiger partial charge in [0, 0.05) is 16.8 Å². The van der Waals surface area contributed by atoms with Crippen molar-refractivity contribution in [2.45, 2.75) is 20.0 Å². The van der Waals surface area contributed by atoms with Crippen LogP contribution in [0.2, 0.25) is 0 Å². The third kappa shape index (κ3) is 3.46. The average molecular weight is 467 g/mol. The Morgan fingerprint density at radius 2 is 1.82 bits per heavy atom. The van der Waals surface area contributed by atoms with Gasteiger partial charge in [0.05, 0.1) is 11.3 Å². The molecule has 0 saturated carbocycles. The highest BCUT2D eigenvalue weighted by molar-refractivity contribution is 8.27. The van der Waals surface area contributed by atoms with E-state index >= 15 is 0 Å². The smallest absolute Gasteiger partial charge is 0.317 e. The largest absolute Gasteiger partial charge is 0.441 e. The van der Waals surface area contributed by atoms with E-state index < -0.39 is 23.0 Å². The van der Waals surface area contributed by atoms with Gasteiger partial charge in [-0.15, -0.1) is 0 Å². The molecule has 2 aromatic carbocycles. The number of alkyl halides is 3. The molecule has 0 unspecified atom stereocenters. The zero-order valence-corrected chi connectivity index (χ0v) is 18.3. The molecule has 5 rings (SSSR count). The van der Waals surface area contributed by atoms with Crippen LogP contribution in [0, 0.1) is 19.3 Å². The minimum atomic E-state index is -4.68. The Morgan fingerprint density at radius 1 is 1.09 bits per heavy atom. The van der Waals surface area contributed by atoms with E-state index in [1.165, 1.54) is 6.08 Å². The average Bonchev–Trinajstić information content (AvgIpc) is 3.32. The third-order valence-corrected chi connectivity index (χ3v) is 6.43. The summed E-state index contributed by atoms with van der Waals surface area (Å²) in [5.41, 5.74) is 3.24. The number of hydrazone groups is 1. The second-order valence-corrected chi connectivity index (χ2v) is 8.54. The predicted molar refractivity (Wildman–Crippen MR) is 124 cm³/mol. The predicted octanol–water partition coefficient (Wildman–Crippen LogP) is 5.43. The molecule has 166 valence electrons. The zero-order valence-electron chi connectivity index (χ0n) is 17.4. The van der Waals surface area contributed by atoms with E-state index in [1.807, 2.05) is 66.9 Å². The highest BCUT2D eigenvalue weighted by Gasteiger charge is 2.46.